The minimum atomic E-state index is 0.138. The monoisotopic (exact) mass is 341 g/mol. The van der Waals surface area contributed by atoms with Crippen LogP contribution in [0.15, 0.2) is 30.3 Å². The molecule has 4 fully saturated rings. The van der Waals surface area contributed by atoms with Gasteiger partial charge in [0.05, 0.1) is 6.54 Å². The van der Waals surface area contributed by atoms with E-state index in [4.69, 9.17) is 0 Å². The van der Waals surface area contributed by atoms with Gasteiger partial charge in [0.1, 0.15) is 0 Å². The first kappa shape index (κ1) is 16.6. The zero-order chi connectivity index (χ0) is 17.2. The molecule has 4 aliphatic rings. The Morgan fingerprint density at radius 2 is 1.92 bits per heavy atom. The lowest BCUT2D eigenvalue weighted by Crippen LogP contribution is -2.50. The molecule has 1 aromatic carbocycles. The third-order valence-electron chi connectivity index (χ3n) is 5.86. The van der Waals surface area contributed by atoms with Gasteiger partial charge in [-0.25, -0.2) is 0 Å². The average Bonchev–Trinajstić information content (AvgIpc) is 2.82. The molecular weight excluding hydrogens is 314 g/mol. The van der Waals surface area contributed by atoms with Crippen LogP contribution in [0.5, 0.6) is 0 Å². The van der Waals surface area contributed by atoms with Crippen molar-refractivity contribution in [2.45, 2.75) is 38.3 Å². The molecule has 4 saturated heterocycles. The first-order chi connectivity index (χ1) is 12.2. The van der Waals surface area contributed by atoms with Crippen molar-refractivity contribution >= 4 is 11.8 Å². The lowest BCUT2D eigenvalue weighted by molar-refractivity contribution is -0.141. The number of carbonyl (C=O) groups is 2. The summed E-state index contributed by atoms with van der Waals surface area (Å²) < 4.78 is 0. The van der Waals surface area contributed by atoms with Crippen LogP contribution in [0.1, 0.15) is 31.2 Å². The normalized spacial score (nSPS) is 27.0. The van der Waals surface area contributed by atoms with E-state index in [-0.39, 0.29) is 18.4 Å². The Morgan fingerprint density at radius 3 is 2.68 bits per heavy atom. The van der Waals surface area contributed by atoms with Crippen LogP contribution >= 0.6 is 0 Å². The Bertz CT molecular complexity index is 633. The van der Waals surface area contributed by atoms with Gasteiger partial charge >= 0.3 is 0 Å². The number of hydrogen-bond donors (Lipinski definition) is 0. The van der Waals surface area contributed by atoms with Crippen LogP contribution in [-0.2, 0) is 16.1 Å². The fraction of sp³-hybridized carbons (Fsp3) is 0.600. The summed E-state index contributed by atoms with van der Waals surface area (Å²) in [6.07, 6.45) is 3.80. The summed E-state index contributed by atoms with van der Waals surface area (Å²) in [4.78, 5) is 31.0. The minimum absolute atomic E-state index is 0.138. The van der Waals surface area contributed by atoms with Crippen molar-refractivity contribution in [3.8, 4) is 0 Å². The van der Waals surface area contributed by atoms with Gasteiger partial charge in [0.15, 0.2) is 0 Å². The number of nitrogens with zero attached hydrogens (tertiary/aromatic N) is 3. The highest BCUT2D eigenvalue weighted by molar-refractivity contribution is 5.86. The topological polar surface area (TPSA) is 43.9 Å². The van der Waals surface area contributed by atoms with Gasteiger partial charge in [-0.3, -0.25) is 14.5 Å². The van der Waals surface area contributed by atoms with E-state index in [1.807, 2.05) is 0 Å². The Hall–Kier alpha value is -1.88. The molecule has 0 aromatic heterocycles. The zero-order valence-electron chi connectivity index (χ0n) is 14.8. The Kier molecular flexibility index (Phi) is 4.75. The van der Waals surface area contributed by atoms with E-state index in [0.717, 1.165) is 45.6 Å². The smallest absolute Gasteiger partial charge is 0.242 e. The second kappa shape index (κ2) is 7.16. The van der Waals surface area contributed by atoms with Crippen molar-refractivity contribution in [2.24, 2.45) is 5.92 Å². The van der Waals surface area contributed by atoms with Gasteiger partial charge in [-0.15, -0.1) is 0 Å². The molecule has 4 aliphatic heterocycles. The van der Waals surface area contributed by atoms with E-state index in [1.165, 1.54) is 12.0 Å². The minimum Gasteiger partial charge on any atom is -0.337 e. The fourth-order valence-corrected chi connectivity index (χ4v) is 4.58. The van der Waals surface area contributed by atoms with E-state index in [0.29, 0.717) is 18.4 Å². The molecule has 2 amide bonds. The number of rotatable bonds is 4. The molecule has 2 atom stereocenters. The molecule has 0 N–H and O–H groups in total. The largest absolute Gasteiger partial charge is 0.337 e. The molecule has 4 heterocycles. The van der Waals surface area contributed by atoms with Crippen LogP contribution in [0, 0.1) is 5.92 Å². The summed E-state index contributed by atoms with van der Waals surface area (Å²) in [6, 6.07) is 10.9. The first-order valence-corrected chi connectivity index (χ1v) is 9.52. The molecule has 0 unspecified atom stereocenters. The van der Waals surface area contributed by atoms with Gasteiger partial charge in [-0.05, 0) is 30.7 Å². The lowest BCUT2D eigenvalue weighted by Gasteiger charge is -2.37. The molecule has 0 aliphatic carbocycles. The van der Waals surface area contributed by atoms with Crippen LogP contribution in [0.2, 0.25) is 0 Å². The van der Waals surface area contributed by atoms with Gasteiger partial charge in [0.25, 0.3) is 0 Å². The molecule has 5 heteroatoms. The summed E-state index contributed by atoms with van der Waals surface area (Å²) in [7, 11) is 0. The van der Waals surface area contributed by atoms with Crippen LogP contribution in [0.25, 0.3) is 0 Å². The highest BCUT2D eigenvalue weighted by Gasteiger charge is 2.38. The van der Waals surface area contributed by atoms with Crippen LogP contribution in [-0.4, -0.2) is 65.3 Å². The van der Waals surface area contributed by atoms with Crippen LogP contribution in [0.3, 0.4) is 0 Å². The number of carbonyl (C=O) groups excluding carboxylic acids is 2. The van der Waals surface area contributed by atoms with E-state index >= 15 is 0 Å². The van der Waals surface area contributed by atoms with Crippen molar-refractivity contribution in [3.05, 3.63) is 35.9 Å². The summed E-state index contributed by atoms with van der Waals surface area (Å²) in [5.41, 5.74) is 1.34. The second-order valence-corrected chi connectivity index (χ2v) is 7.74. The van der Waals surface area contributed by atoms with Gasteiger partial charge in [-0.1, -0.05) is 30.3 Å². The van der Waals surface area contributed by atoms with Gasteiger partial charge in [0, 0.05) is 45.2 Å². The number of amides is 2. The predicted octanol–water partition coefficient (Wildman–Crippen LogP) is 1.73. The maximum Gasteiger partial charge on any atom is 0.242 e. The zero-order valence-corrected chi connectivity index (χ0v) is 14.8. The quantitative estimate of drug-likeness (QED) is 0.838. The third kappa shape index (κ3) is 3.71. The number of piperidine rings is 1. The number of likely N-dealkylation sites (tertiary alicyclic amines) is 1. The molecule has 5 rings (SSSR count). The van der Waals surface area contributed by atoms with Crippen LogP contribution < -0.4 is 0 Å². The molecule has 0 radical (unpaired) electrons. The summed E-state index contributed by atoms with van der Waals surface area (Å²) in [5, 5.41) is 0. The second-order valence-electron chi connectivity index (χ2n) is 7.74. The molecule has 2 bridgehead atoms. The fourth-order valence-electron chi connectivity index (χ4n) is 4.58. The Balaban J connectivity index is 1.40. The molecule has 25 heavy (non-hydrogen) atoms. The lowest BCUT2D eigenvalue weighted by atomic mass is 9.95. The van der Waals surface area contributed by atoms with Crippen molar-refractivity contribution in [2.75, 3.05) is 32.7 Å². The van der Waals surface area contributed by atoms with Gasteiger partial charge < -0.3 is 9.80 Å². The average molecular weight is 341 g/mol. The Morgan fingerprint density at radius 1 is 1.08 bits per heavy atom. The molecule has 0 spiro atoms. The number of benzene rings is 1. The maximum absolute atomic E-state index is 12.8. The summed E-state index contributed by atoms with van der Waals surface area (Å²) >= 11 is 0. The first-order valence-electron chi connectivity index (χ1n) is 9.52. The van der Waals surface area contributed by atoms with E-state index in [9.17, 15) is 9.59 Å². The van der Waals surface area contributed by atoms with E-state index in [1.54, 1.807) is 4.90 Å². The number of fused-ring (bicyclic) bond motifs is 4. The number of hydrogen-bond acceptors (Lipinski definition) is 3. The summed E-state index contributed by atoms with van der Waals surface area (Å²) in [5.74, 6) is 0.839. The Labute approximate surface area is 149 Å². The third-order valence-corrected chi connectivity index (χ3v) is 5.86. The predicted molar refractivity (Wildman–Crippen MR) is 95.8 cm³/mol. The molecule has 1 aromatic rings. The van der Waals surface area contributed by atoms with Crippen LogP contribution in [0.4, 0.5) is 0 Å². The standard InChI is InChI=1S/C20H27N3O2/c24-19-7-4-10-22(19)15-20(25)23-13-17-8-9-18(23)14-21(12-17)11-16-5-2-1-3-6-16/h1-3,5-6,17-18H,4,7-15H2/t17-,18+/m0/s1. The SMILES string of the molecule is O=C1CCCN1CC(=O)N1C[C@H]2CC[C@@H]1CN(Cc1ccccc1)C2. The van der Waals surface area contributed by atoms with Crippen molar-refractivity contribution in [1.29, 1.82) is 0 Å². The summed E-state index contributed by atoms with van der Waals surface area (Å²) in [6.45, 7) is 4.85. The molecule has 134 valence electrons. The van der Waals surface area contributed by atoms with Crippen molar-refractivity contribution in [3.63, 3.8) is 0 Å². The van der Waals surface area contributed by atoms with Crippen molar-refractivity contribution < 1.29 is 9.59 Å². The maximum atomic E-state index is 12.8. The van der Waals surface area contributed by atoms with E-state index < -0.39 is 0 Å². The van der Waals surface area contributed by atoms with Gasteiger partial charge in [-0.2, -0.15) is 0 Å². The molecule has 0 saturated carbocycles. The highest BCUT2D eigenvalue weighted by Crippen LogP contribution is 2.29. The molecule has 5 nitrogen and oxygen atoms in total. The van der Waals surface area contributed by atoms with E-state index in [2.05, 4.69) is 40.1 Å². The molecular formula is C20H27N3O2. The van der Waals surface area contributed by atoms with Gasteiger partial charge in [0.2, 0.25) is 11.8 Å². The highest BCUT2D eigenvalue weighted by atomic mass is 16.2. The van der Waals surface area contributed by atoms with Crippen molar-refractivity contribution in [1.82, 2.24) is 14.7 Å².